The Morgan fingerprint density at radius 2 is 2.18 bits per heavy atom. The van der Waals surface area contributed by atoms with E-state index in [2.05, 4.69) is 33.1 Å². The first-order valence-corrected chi connectivity index (χ1v) is 7.09. The van der Waals surface area contributed by atoms with Gasteiger partial charge in [0, 0.05) is 18.4 Å². The Kier molecular flexibility index (Phi) is 3.31. The topological polar surface area (TPSA) is 48.1 Å². The first-order valence-electron chi connectivity index (χ1n) is 6.21. The Morgan fingerprint density at radius 1 is 1.47 bits per heavy atom. The Balaban J connectivity index is 2.24. The predicted molar refractivity (Wildman–Crippen MR) is 71.3 cm³/mol. The van der Waals surface area contributed by atoms with Gasteiger partial charge in [-0.15, -0.1) is 11.3 Å². The van der Waals surface area contributed by atoms with E-state index in [1.165, 1.54) is 0 Å². The lowest BCUT2D eigenvalue weighted by Crippen LogP contribution is -2.49. The Bertz CT molecular complexity index is 400. The van der Waals surface area contributed by atoms with Crippen molar-refractivity contribution in [3.63, 3.8) is 0 Å². The van der Waals surface area contributed by atoms with Crippen LogP contribution < -0.4 is 5.73 Å². The van der Waals surface area contributed by atoms with E-state index >= 15 is 0 Å². The van der Waals surface area contributed by atoms with Crippen LogP contribution in [0, 0.1) is 0 Å². The monoisotopic (exact) mass is 254 g/mol. The first kappa shape index (κ1) is 13.0. The molecule has 0 amide bonds. The first-order chi connectivity index (χ1) is 7.82. The summed E-state index contributed by atoms with van der Waals surface area (Å²) in [5, 5.41) is 3.20. The summed E-state index contributed by atoms with van der Waals surface area (Å²) >= 11 is 1.69. The molecule has 0 aliphatic carbocycles. The fraction of sp³-hybridized carbons (Fsp3) is 0.769. The second kappa shape index (κ2) is 4.34. The fourth-order valence-corrected chi connectivity index (χ4v) is 3.50. The molecule has 1 aromatic heterocycles. The van der Waals surface area contributed by atoms with E-state index in [0.29, 0.717) is 5.92 Å². The normalized spacial score (nSPS) is 28.6. The summed E-state index contributed by atoms with van der Waals surface area (Å²) in [5.41, 5.74) is 7.24. The van der Waals surface area contributed by atoms with E-state index in [1.807, 2.05) is 0 Å². The molecule has 3 nitrogen and oxygen atoms in total. The van der Waals surface area contributed by atoms with E-state index in [-0.39, 0.29) is 11.1 Å². The van der Waals surface area contributed by atoms with E-state index in [0.717, 1.165) is 30.2 Å². The summed E-state index contributed by atoms with van der Waals surface area (Å²) < 4.78 is 5.73. The highest BCUT2D eigenvalue weighted by Crippen LogP contribution is 2.39. The molecule has 0 saturated carbocycles. The number of nitrogens with zero attached hydrogens (tertiary/aromatic N) is 1. The number of ether oxygens (including phenoxy) is 1. The Morgan fingerprint density at radius 3 is 2.71 bits per heavy atom. The molecular weight excluding hydrogens is 232 g/mol. The molecule has 1 aliphatic rings. The van der Waals surface area contributed by atoms with Crippen LogP contribution in [0.4, 0.5) is 0 Å². The molecule has 1 aliphatic heterocycles. The van der Waals surface area contributed by atoms with Gasteiger partial charge in [0.25, 0.3) is 0 Å². The molecule has 1 unspecified atom stereocenters. The van der Waals surface area contributed by atoms with Gasteiger partial charge < -0.3 is 10.5 Å². The van der Waals surface area contributed by atoms with Gasteiger partial charge in [0.2, 0.25) is 0 Å². The number of thiazole rings is 1. The minimum atomic E-state index is -0.306. The molecule has 0 aromatic carbocycles. The fourth-order valence-electron chi connectivity index (χ4n) is 2.37. The second-order valence-corrected chi connectivity index (χ2v) is 6.78. The predicted octanol–water partition coefficient (Wildman–Crippen LogP) is 3.01. The summed E-state index contributed by atoms with van der Waals surface area (Å²) in [4.78, 5) is 4.71. The van der Waals surface area contributed by atoms with Crippen LogP contribution in [-0.4, -0.2) is 17.2 Å². The Hall–Kier alpha value is -0.450. The lowest BCUT2D eigenvalue weighted by Gasteiger charge is -2.41. The minimum absolute atomic E-state index is 0.142. The van der Waals surface area contributed by atoms with Gasteiger partial charge in [-0.05, 0) is 26.2 Å². The minimum Gasteiger partial charge on any atom is -0.375 e. The smallest absolute Gasteiger partial charge is 0.113 e. The average Bonchev–Trinajstić information content (AvgIpc) is 2.64. The second-order valence-electron chi connectivity index (χ2n) is 5.92. The number of hydrogen-bond donors (Lipinski definition) is 1. The van der Waals surface area contributed by atoms with Crippen molar-refractivity contribution in [2.24, 2.45) is 5.73 Å². The quantitative estimate of drug-likeness (QED) is 0.882. The van der Waals surface area contributed by atoms with Gasteiger partial charge in [0.1, 0.15) is 5.01 Å². The van der Waals surface area contributed by atoms with E-state index in [1.54, 1.807) is 11.3 Å². The van der Waals surface area contributed by atoms with Crippen molar-refractivity contribution in [3.8, 4) is 0 Å². The van der Waals surface area contributed by atoms with E-state index < -0.39 is 0 Å². The third-order valence-corrected chi connectivity index (χ3v) is 4.40. The van der Waals surface area contributed by atoms with Crippen LogP contribution in [-0.2, 0) is 10.3 Å². The number of nitrogens with two attached hydrogens (primary N) is 1. The van der Waals surface area contributed by atoms with Crippen LogP contribution >= 0.6 is 11.3 Å². The van der Waals surface area contributed by atoms with Crippen LogP contribution in [0.5, 0.6) is 0 Å². The summed E-state index contributed by atoms with van der Waals surface area (Å²) in [7, 11) is 0. The van der Waals surface area contributed by atoms with Crippen molar-refractivity contribution in [2.45, 2.75) is 57.6 Å². The van der Waals surface area contributed by atoms with Gasteiger partial charge >= 0.3 is 0 Å². The van der Waals surface area contributed by atoms with Crippen LogP contribution in [0.15, 0.2) is 5.38 Å². The molecule has 1 atom stereocenters. The molecular formula is C13H22N2OS. The Labute approximate surface area is 107 Å². The number of hydrogen-bond acceptors (Lipinski definition) is 4. The van der Waals surface area contributed by atoms with Gasteiger partial charge in [-0.1, -0.05) is 13.8 Å². The largest absolute Gasteiger partial charge is 0.375 e. The lowest BCUT2D eigenvalue weighted by molar-refractivity contribution is -0.0813. The number of aromatic nitrogens is 1. The zero-order valence-electron chi connectivity index (χ0n) is 11.1. The lowest BCUT2D eigenvalue weighted by atomic mass is 9.82. The van der Waals surface area contributed by atoms with Crippen LogP contribution in [0.2, 0.25) is 0 Å². The molecule has 1 fully saturated rings. The average molecular weight is 254 g/mol. The summed E-state index contributed by atoms with van der Waals surface area (Å²) in [6, 6.07) is 0. The molecule has 2 rings (SSSR count). The highest BCUT2D eigenvalue weighted by molar-refractivity contribution is 7.09. The summed E-state index contributed by atoms with van der Waals surface area (Å²) in [5.74, 6) is 0.469. The maximum atomic E-state index is 6.54. The molecule has 2 heterocycles. The molecule has 0 radical (unpaired) electrons. The third kappa shape index (κ3) is 2.69. The van der Waals surface area contributed by atoms with Gasteiger partial charge in [-0.2, -0.15) is 0 Å². The molecule has 96 valence electrons. The van der Waals surface area contributed by atoms with Crippen molar-refractivity contribution in [1.82, 2.24) is 4.98 Å². The van der Waals surface area contributed by atoms with Crippen molar-refractivity contribution in [2.75, 3.05) is 6.61 Å². The van der Waals surface area contributed by atoms with E-state index in [9.17, 15) is 0 Å². The third-order valence-electron chi connectivity index (χ3n) is 3.32. The van der Waals surface area contributed by atoms with Gasteiger partial charge in [0.05, 0.1) is 16.8 Å². The van der Waals surface area contributed by atoms with Gasteiger partial charge in [-0.25, -0.2) is 4.98 Å². The maximum absolute atomic E-state index is 6.54. The molecule has 1 aromatic rings. The SMILES string of the molecule is CC(C)c1csc(C2(N)CCOC(C)(C)C2)n1. The standard InChI is InChI=1S/C13H22N2OS/c1-9(2)10-7-17-11(15-10)13(14)5-6-16-12(3,4)8-13/h7,9H,5-6,8,14H2,1-4H3. The van der Waals surface area contributed by atoms with Crippen LogP contribution in [0.3, 0.4) is 0 Å². The molecule has 0 bridgehead atoms. The van der Waals surface area contributed by atoms with E-state index in [4.69, 9.17) is 15.5 Å². The van der Waals surface area contributed by atoms with Crippen molar-refractivity contribution in [1.29, 1.82) is 0 Å². The highest BCUT2D eigenvalue weighted by atomic mass is 32.1. The van der Waals surface area contributed by atoms with Crippen molar-refractivity contribution < 1.29 is 4.74 Å². The van der Waals surface area contributed by atoms with Crippen LogP contribution in [0.1, 0.15) is 57.2 Å². The van der Waals surface area contributed by atoms with Gasteiger partial charge in [0.15, 0.2) is 0 Å². The summed E-state index contributed by atoms with van der Waals surface area (Å²) in [6.07, 6.45) is 1.70. The van der Waals surface area contributed by atoms with Crippen LogP contribution in [0.25, 0.3) is 0 Å². The van der Waals surface area contributed by atoms with Gasteiger partial charge in [-0.3, -0.25) is 0 Å². The highest BCUT2D eigenvalue weighted by Gasteiger charge is 2.41. The molecule has 0 spiro atoms. The summed E-state index contributed by atoms with van der Waals surface area (Å²) in [6.45, 7) is 9.25. The molecule has 1 saturated heterocycles. The van der Waals surface area contributed by atoms with Crippen molar-refractivity contribution in [3.05, 3.63) is 16.1 Å². The zero-order valence-corrected chi connectivity index (χ0v) is 11.9. The maximum Gasteiger partial charge on any atom is 0.113 e. The van der Waals surface area contributed by atoms with Crippen molar-refractivity contribution >= 4 is 11.3 Å². The zero-order chi connectivity index (χ0) is 12.7. The number of rotatable bonds is 2. The molecule has 2 N–H and O–H groups in total. The molecule has 4 heteroatoms. The molecule has 17 heavy (non-hydrogen) atoms.